The molecule has 88 valence electrons. The Balaban J connectivity index is 2.59. The Hall–Kier alpha value is -1.15. The highest BCUT2D eigenvalue weighted by atomic mass is 16.3. The third-order valence-electron chi connectivity index (χ3n) is 3.06. The van der Waals surface area contributed by atoms with Gasteiger partial charge in [-0.25, -0.2) is 0 Å². The van der Waals surface area contributed by atoms with Crippen LogP contribution in [0.4, 0.5) is 0 Å². The highest BCUT2D eigenvalue weighted by Crippen LogP contribution is 2.30. The topological polar surface area (TPSA) is 37.3 Å². The average Bonchev–Trinajstić information content (AvgIpc) is 2.35. The first kappa shape index (κ1) is 12.9. The average molecular weight is 220 g/mol. The van der Waals surface area contributed by atoms with E-state index in [9.17, 15) is 9.90 Å². The van der Waals surface area contributed by atoms with E-state index in [1.54, 1.807) is 0 Å². The van der Waals surface area contributed by atoms with Crippen molar-refractivity contribution in [3.63, 3.8) is 0 Å². The van der Waals surface area contributed by atoms with Gasteiger partial charge < -0.3 is 9.90 Å². The Labute approximate surface area is 97.3 Å². The van der Waals surface area contributed by atoms with E-state index < -0.39 is 5.60 Å². The van der Waals surface area contributed by atoms with Crippen LogP contribution in [-0.4, -0.2) is 11.4 Å². The van der Waals surface area contributed by atoms with Crippen molar-refractivity contribution in [2.45, 2.75) is 44.6 Å². The number of hydrogen-bond acceptors (Lipinski definition) is 2. The standard InChI is InChI=1S/C14H20O2/c1-2-14(16,11-7-4-8-12-15)13-9-5-3-6-10-13/h3,5-6,9-10,12,16H,2,4,7-8,11H2,1H3. The molecule has 0 saturated carbocycles. The maximum atomic E-state index is 10.5. The number of aldehydes is 1. The zero-order chi connectivity index (χ0) is 11.9. The molecular formula is C14H20O2. The van der Waals surface area contributed by atoms with E-state index in [1.165, 1.54) is 0 Å². The molecule has 0 aromatic heterocycles. The molecule has 0 fully saturated rings. The van der Waals surface area contributed by atoms with Crippen LogP contribution in [-0.2, 0) is 10.4 Å². The zero-order valence-corrected chi connectivity index (χ0v) is 9.86. The molecule has 0 radical (unpaired) electrons. The van der Waals surface area contributed by atoms with Gasteiger partial charge in [0.05, 0.1) is 5.60 Å². The summed E-state index contributed by atoms with van der Waals surface area (Å²) in [4.78, 5) is 10.2. The molecule has 1 unspecified atom stereocenters. The summed E-state index contributed by atoms with van der Waals surface area (Å²) in [6.07, 6.45) is 4.71. The molecule has 0 heterocycles. The van der Waals surface area contributed by atoms with Crippen molar-refractivity contribution in [2.24, 2.45) is 0 Å². The van der Waals surface area contributed by atoms with Crippen LogP contribution in [0, 0.1) is 0 Å². The second-order valence-electron chi connectivity index (χ2n) is 4.16. The summed E-state index contributed by atoms with van der Waals surface area (Å²) in [6.45, 7) is 1.99. The van der Waals surface area contributed by atoms with Gasteiger partial charge in [0.15, 0.2) is 0 Å². The van der Waals surface area contributed by atoms with Crippen LogP contribution in [0.15, 0.2) is 30.3 Å². The monoisotopic (exact) mass is 220 g/mol. The van der Waals surface area contributed by atoms with E-state index in [0.29, 0.717) is 12.8 Å². The van der Waals surface area contributed by atoms with Crippen LogP contribution in [0.5, 0.6) is 0 Å². The maximum Gasteiger partial charge on any atom is 0.119 e. The van der Waals surface area contributed by atoms with Crippen molar-refractivity contribution in [1.29, 1.82) is 0 Å². The molecular weight excluding hydrogens is 200 g/mol. The molecule has 1 aromatic rings. The molecule has 2 nitrogen and oxygen atoms in total. The lowest BCUT2D eigenvalue weighted by Crippen LogP contribution is -2.24. The number of carbonyl (C=O) groups is 1. The SMILES string of the molecule is CCC(O)(CCCCC=O)c1ccccc1. The summed E-state index contributed by atoms with van der Waals surface area (Å²) in [5.74, 6) is 0. The van der Waals surface area contributed by atoms with E-state index in [2.05, 4.69) is 0 Å². The van der Waals surface area contributed by atoms with Crippen LogP contribution in [0.25, 0.3) is 0 Å². The van der Waals surface area contributed by atoms with Crippen LogP contribution in [0.2, 0.25) is 0 Å². The molecule has 2 heteroatoms. The molecule has 0 aliphatic heterocycles. The first-order chi connectivity index (χ1) is 7.73. The molecule has 0 aliphatic rings. The lowest BCUT2D eigenvalue weighted by atomic mass is 9.86. The van der Waals surface area contributed by atoms with Gasteiger partial charge in [-0.05, 0) is 31.2 Å². The largest absolute Gasteiger partial charge is 0.385 e. The predicted molar refractivity (Wildman–Crippen MR) is 65.2 cm³/mol. The molecule has 1 atom stereocenters. The number of unbranched alkanes of at least 4 members (excludes halogenated alkanes) is 2. The van der Waals surface area contributed by atoms with Crippen molar-refractivity contribution in [3.05, 3.63) is 35.9 Å². The molecule has 0 spiro atoms. The van der Waals surface area contributed by atoms with Gasteiger partial charge in [-0.1, -0.05) is 37.3 Å². The van der Waals surface area contributed by atoms with Gasteiger partial charge in [-0.3, -0.25) is 0 Å². The van der Waals surface area contributed by atoms with Crippen molar-refractivity contribution < 1.29 is 9.90 Å². The normalized spacial score (nSPS) is 14.4. The minimum Gasteiger partial charge on any atom is -0.385 e. The maximum absolute atomic E-state index is 10.5. The quantitative estimate of drug-likeness (QED) is 0.566. The first-order valence-corrected chi connectivity index (χ1v) is 5.94. The first-order valence-electron chi connectivity index (χ1n) is 5.94. The third kappa shape index (κ3) is 3.46. The number of rotatable bonds is 7. The molecule has 1 N–H and O–H groups in total. The van der Waals surface area contributed by atoms with E-state index in [0.717, 1.165) is 31.1 Å². The molecule has 1 rings (SSSR count). The third-order valence-corrected chi connectivity index (χ3v) is 3.06. The summed E-state index contributed by atoms with van der Waals surface area (Å²) in [7, 11) is 0. The summed E-state index contributed by atoms with van der Waals surface area (Å²) >= 11 is 0. The number of carbonyl (C=O) groups excluding carboxylic acids is 1. The molecule has 0 amide bonds. The van der Waals surface area contributed by atoms with Gasteiger partial charge >= 0.3 is 0 Å². The Morgan fingerprint density at radius 2 is 1.94 bits per heavy atom. The van der Waals surface area contributed by atoms with Crippen molar-refractivity contribution in [1.82, 2.24) is 0 Å². The minimum atomic E-state index is -0.732. The van der Waals surface area contributed by atoms with Crippen molar-refractivity contribution >= 4 is 6.29 Å². The summed E-state index contributed by atoms with van der Waals surface area (Å²) < 4.78 is 0. The highest BCUT2D eigenvalue weighted by molar-refractivity contribution is 5.48. The number of benzene rings is 1. The van der Waals surface area contributed by atoms with Gasteiger partial charge in [0, 0.05) is 6.42 Å². The van der Waals surface area contributed by atoms with E-state index in [4.69, 9.17) is 0 Å². The Kier molecular flexibility index (Phi) is 5.20. The lowest BCUT2D eigenvalue weighted by molar-refractivity contribution is -0.108. The zero-order valence-electron chi connectivity index (χ0n) is 9.86. The fourth-order valence-electron chi connectivity index (χ4n) is 1.92. The van der Waals surface area contributed by atoms with Gasteiger partial charge in [-0.15, -0.1) is 0 Å². The molecule has 1 aromatic carbocycles. The van der Waals surface area contributed by atoms with Gasteiger partial charge in [0.1, 0.15) is 6.29 Å². The van der Waals surface area contributed by atoms with Gasteiger partial charge in [-0.2, -0.15) is 0 Å². The molecule has 0 bridgehead atoms. The van der Waals surface area contributed by atoms with Crippen LogP contribution >= 0.6 is 0 Å². The fraction of sp³-hybridized carbons (Fsp3) is 0.500. The van der Waals surface area contributed by atoms with E-state index in [1.807, 2.05) is 37.3 Å². The second kappa shape index (κ2) is 6.44. The van der Waals surface area contributed by atoms with Crippen LogP contribution < -0.4 is 0 Å². The molecule has 16 heavy (non-hydrogen) atoms. The van der Waals surface area contributed by atoms with Gasteiger partial charge in [0.2, 0.25) is 0 Å². The Morgan fingerprint density at radius 1 is 1.25 bits per heavy atom. The lowest BCUT2D eigenvalue weighted by Gasteiger charge is -2.27. The van der Waals surface area contributed by atoms with Crippen LogP contribution in [0.3, 0.4) is 0 Å². The smallest absolute Gasteiger partial charge is 0.119 e. The van der Waals surface area contributed by atoms with E-state index >= 15 is 0 Å². The Bertz CT molecular complexity index is 308. The van der Waals surface area contributed by atoms with Crippen LogP contribution in [0.1, 0.15) is 44.6 Å². The molecule has 0 saturated heterocycles. The number of aliphatic hydroxyl groups is 1. The van der Waals surface area contributed by atoms with Gasteiger partial charge in [0.25, 0.3) is 0 Å². The minimum absolute atomic E-state index is 0.592. The summed E-state index contributed by atoms with van der Waals surface area (Å²) in [6, 6.07) is 9.77. The summed E-state index contributed by atoms with van der Waals surface area (Å²) in [5, 5.41) is 10.5. The van der Waals surface area contributed by atoms with Crippen molar-refractivity contribution in [2.75, 3.05) is 0 Å². The second-order valence-corrected chi connectivity index (χ2v) is 4.16. The fourth-order valence-corrected chi connectivity index (χ4v) is 1.92. The number of hydrogen-bond donors (Lipinski definition) is 1. The molecule has 0 aliphatic carbocycles. The Morgan fingerprint density at radius 3 is 2.50 bits per heavy atom. The van der Waals surface area contributed by atoms with E-state index in [-0.39, 0.29) is 0 Å². The highest BCUT2D eigenvalue weighted by Gasteiger charge is 2.25. The summed E-state index contributed by atoms with van der Waals surface area (Å²) in [5.41, 5.74) is 0.244. The predicted octanol–water partition coefficient (Wildman–Crippen LogP) is 3.04. The van der Waals surface area contributed by atoms with Crippen molar-refractivity contribution in [3.8, 4) is 0 Å².